The fourth-order valence-electron chi connectivity index (χ4n) is 2.68. The van der Waals surface area contributed by atoms with E-state index >= 15 is 0 Å². The highest BCUT2D eigenvalue weighted by molar-refractivity contribution is 8.00. The van der Waals surface area contributed by atoms with Gasteiger partial charge >= 0.3 is 0 Å². The Balaban J connectivity index is 2.10. The van der Waals surface area contributed by atoms with Crippen LogP contribution in [0.15, 0.2) is 18.2 Å². The summed E-state index contributed by atoms with van der Waals surface area (Å²) >= 11 is 8.31. The highest BCUT2D eigenvalue weighted by Crippen LogP contribution is 2.30. The average Bonchev–Trinajstić information content (AvgIpc) is 2.47. The Hall–Kier alpha value is -0.380. The van der Waals surface area contributed by atoms with Gasteiger partial charge in [0.15, 0.2) is 0 Å². The predicted molar refractivity (Wildman–Crippen MR) is 96.7 cm³/mol. The summed E-state index contributed by atoms with van der Waals surface area (Å²) in [6, 6.07) is 6.33. The Bertz CT molecular complexity index is 450. The first-order valence-corrected chi connectivity index (χ1v) is 9.38. The van der Waals surface area contributed by atoms with Crippen LogP contribution in [0, 0.1) is 5.92 Å². The number of hydrogen-bond donors (Lipinski definition) is 1. The van der Waals surface area contributed by atoms with Crippen molar-refractivity contribution in [2.24, 2.45) is 5.92 Å². The van der Waals surface area contributed by atoms with Crippen molar-refractivity contribution in [1.29, 1.82) is 0 Å². The second-order valence-electron chi connectivity index (χ2n) is 6.14. The van der Waals surface area contributed by atoms with Gasteiger partial charge in [-0.1, -0.05) is 32.4 Å². The van der Waals surface area contributed by atoms with Gasteiger partial charge in [0.1, 0.15) is 0 Å². The molecule has 0 saturated carbocycles. The maximum atomic E-state index is 6.20. The van der Waals surface area contributed by atoms with Crippen LogP contribution in [0.25, 0.3) is 0 Å². The third kappa shape index (κ3) is 5.08. The van der Waals surface area contributed by atoms with Gasteiger partial charge in [-0.15, -0.1) is 0 Å². The first-order chi connectivity index (χ1) is 10.1. The van der Waals surface area contributed by atoms with Crippen LogP contribution in [-0.2, 0) is 6.54 Å². The van der Waals surface area contributed by atoms with Gasteiger partial charge in [0.05, 0.1) is 0 Å². The number of thioether (sulfide) groups is 1. The molecule has 1 atom stereocenters. The number of nitrogens with one attached hydrogen (secondary N) is 1. The molecule has 0 radical (unpaired) electrons. The lowest BCUT2D eigenvalue weighted by Gasteiger charge is -2.35. The SMILES string of the molecule is CCC1CN(c2ccc(Cl)cc2CNCC(C)C)CCS1. The van der Waals surface area contributed by atoms with Crippen molar-refractivity contribution >= 4 is 29.1 Å². The Labute approximate surface area is 138 Å². The summed E-state index contributed by atoms with van der Waals surface area (Å²) < 4.78 is 0. The molecule has 118 valence electrons. The fraction of sp³-hybridized carbons (Fsp3) is 0.647. The highest BCUT2D eigenvalue weighted by Gasteiger charge is 2.21. The van der Waals surface area contributed by atoms with E-state index < -0.39 is 0 Å². The van der Waals surface area contributed by atoms with Crippen LogP contribution in [-0.4, -0.2) is 30.6 Å². The topological polar surface area (TPSA) is 15.3 Å². The average molecular weight is 327 g/mol. The summed E-state index contributed by atoms with van der Waals surface area (Å²) in [4.78, 5) is 2.54. The van der Waals surface area contributed by atoms with Crippen LogP contribution in [0.1, 0.15) is 32.8 Å². The van der Waals surface area contributed by atoms with Crippen LogP contribution in [0.4, 0.5) is 5.69 Å². The molecule has 0 aromatic heterocycles. The van der Waals surface area contributed by atoms with Crippen molar-refractivity contribution < 1.29 is 0 Å². The molecule has 2 nitrogen and oxygen atoms in total. The molecule has 1 aliphatic heterocycles. The maximum absolute atomic E-state index is 6.20. The van der Waals surface area contributed by atoms with Crippen molar-refractivity contribution in [2.45, 2.75) is 39.0 Å². The van der Waals surface area contributed by atoms with Crippen molar-refractivity contribution in [1.82, 2.24) is 5.32 Å². The van der Waals surface area contributed by atoms with Gasteiger partial charge in [-0.3, -0.25) is 0 Å². The molecule has 1 fully saturated rings. The molecule has 4 heteroatoms. The summed E-state index contributed by atoms with van der Waals surface area (Å²) in [6.45, 7) is 11.0. The smallest absolute Gasteiger partial charge is 0.0413 e. The van der Waals surface area contributed by atoms with Crippen molar-refractivity contribution in [3.05, 3.63) is 28.8 Å². The van der Waals surface area contributed by atoms with Crippen LogP contribution >= 0.6 is 23.4 Å². The molecule has 0 amide bonds. The van der Waals surface area contributed by atoms with Gasteiger partial charge < -0.3 is 10.2 Å². The summed E-state index contributed by atoms with van der Waals surface area (Å²) in [7, 11) is 0. The summed E-state index contributed by atoms with van der Waals surface area (Å²) in [5.74, 6) is 1.89. The number of halogens is 1. The van der Waals surface area contributed by atoms with Crippen molar-refractivity contribution in [3.63, 3.8) is 0 Å². The summed E-state index contributed by atoms with van der Waals surface area (Å²) in [5.41, 5.74) is 2.68. The lowest BCUT2D eigenvalue weighted by Crippen LogP contribution is -2.38. The molecule has 1 unspecified atom stereocenters. The van der Waals surface area contributed by atoms with Gasteiger partial charge in [-0.05, 0) is 42.6 Å². The van der Waals surface area contributed by atoms with Crippen LogP contribution < -0.4 is 10.2 Å². The van der Waals surface area contributed by atoms with Gasteiger partial charge in [-0.25, -0.2) is 0 Å². The second-order valence-corrected chi connectivity index (χ2v) is 7.99. The van der Waals surface area contributed by atoms with E-state index in [0.717, 1.165) is 36.5 Å². The number of benzene rings is 1. The molecule has 21 heavy (non-hydrogen) atoms. The number of hydrogen-bond acceptors (Lipinski definition) is 3. The van der Waals surface area contributed by atoms with E-state index in [1.807, 2.05) is 6.07 Å². The Morgan fingerprint density at radius 1 is 1.43 bits per heavy atom. The monoisotopic (exact) mass is 326 g/mol. The largest absolute Gasteiger partial charge is 0.369 e. The van der Waals surface area contributed by atoms with Crippen LogP contribution in [0.3, 0.4) is 0 Å². The molecule has 0 bridgehead atoms. The normalized spacial score (nSPS) is 19.3. The van der Waals surface area contributed by atoms with Gasteiger partial charge in [0, 0.05) is 41.3 Å². The van der Waals surface area contributed by atoms with Gasteiger partial charge in [0.25, 0.3) is 0 Å². The van der Waals surface area contributed by atoms with E-state index in [9.17, 15) is 0 Å². The molecular weight excluding hydrogens is 300 g/mol. The molecule has 1 N–H and O–H groups in total. The lowest BCUT2D eigenvalue weighted by molar-refractivity contribution is 0.551. The number of anilines is 1. The van der Waals surface area contributed by atoms with E-state index in [1.54, 1.807) is 0 Å². The van der Waals surface area contributed by atoms with E-state index in [4.69, 9.17) is 11.6 Å². The first kappa shape index (κ1) is 17.0. The molecular formula is C17H27ClN2S. The Morgan fingerprint density at radius 3 is 2.95 bits per heavy atom. The third-order valence-corrected chi connectivity index (χ3v) is 5.45. The first-order valence-electron chi connectivity index (χ1n) is 7.95. The molecule has 0 spiro atoms. The number of nitrogens with zero attached hydrogens (tertiary/aromatic N) is 1. The fourth-order valence-corrected chi connectivity index (χ4v) is 4.06. The van der Waals surface area contributed by atoms with E-state index in [0.29, 0.717) is 5.92 Å². The Morgan fingerprint density at radius 2 is 2.24 bits per heavy atom. The van der Waals surface area contributed by atoms with E-state index in [2.05, 4.69) is 54.9 Å². The zero-order valence-corrected chi connectivity index (χ0v) is 14.9. The third-order valence-electron chi connectivity index (χ3n) is 3.84. The second kappa shape index (κ2) is 8.30. The minimum absolute atomic E-state index is 0.670. The molecule has 1 aromatic carbocycles. The molecule has 0 aliphatic carbocycles. The number of rotatable bonds is 6. The standard InChI is InChI=1S/C17H27ClN2S/c1-4-16-12-20(7-8-21-16)17-6-5-15(18)9-14(17)11-19-10-13(2)3/h5-6,9,13,16,19H,4,7-8,10-12H2,1-3H3. The van der Waals surface area contributed by atoms with Gasteiger partial charge in [-0.2, -0.15) is 11.8 Å². The van der Waals surface area contributed by atoms with Crippen molar-refractivity contribution in [3.8, 4) is 0 Å². The molecule has 1 aliphatic rings. The minimum Gasteiger partial charge on any atom is -0.369 e. The molecule has 1 heterocycles. The molecule has 1 saturated heterocycles. The minimum atomic E-state index is 0.670. The quantitative estimate of drug-likeness (QED) is 0.833. The Kier molecular flexibility index (Phi) is 6.72. The molecule has 2 rings (SSSR count). The zero-order chi connectivity index (χ0) is 15.2. The summed E-state index contributed by atoms with van der Waals surface area (Å²) in [6.07, 6.45) is 1.25. The maximum Gasteiger partial charge on any atom is 0.0413 e. The molecule has 1 aromatic rings. The van der Waals surface area contributed by atoms with Crippen LogP contribution in [0.5, 0.6) is 0 Å². The zero-order valence-electron chi connectivity index (χ0n) is 13.4. The van der Waals surface area contributed by atoms with Gasteiger partial charge in [0.2, 0.25) is 0 Å². The van der Waals surface area contributed by atoms with Crippen LogP contribution in [0.2, 0.25) is 5.02 Å². The lowest BCUT2D eigenvalue weighted by atomic mass is 10.1. The predicted octanol–water partition coefficient (Wildman–Crippen LogP) is 4.42. The van der Waals surface area contributed by atoms with E-state index in [1.165, 1.54) is 23.4 Å². The van der Waals surface area contributed by atoms with Crippen molar-refractivity contribution in [2.75, 3.05) is 30.3 Å². The summed E-state index contributed by atoms with van der Waals surface area (Å²) in [5, 5.41) is 5.13. The van der Waals surface area contributed by atoms with E-state index in [-0.39, 0.29) is 0 Å². The highest BCUT2D eigenvalue weighted by atomic mass is 35.5.